The van der Waals surface area contributed by atoms with E-state index >= 15 is 0 Å². The molecule has 0 radical (unpaired) electrons. The number of carbonyl (C=O) groups excluding carboxylic acids is 1. The summed E-state index contributed by atoms with van der Waals surface area (Å²) in [4.78, 5) is 19.4. The summed E-state index contributed by atoms with van der Waals surface area (Å²) in [6.45, 7) is 1.17. The van der Waals surface area contributed by atoms with Gasteiger partial charge in [0.05, 0.1) is 0 Å². The van der Waals surface area contributed by atoms with E-state index in [2.05, 4.69) is 4.74 Å². The van der Waals surface area contributed by atoms with E-state index in [4.69, 9.17) is 0 Å². The lowest BCUT2D eigenvalue weighted by molar-refractivity contribution is -0.498. The number of esters is 1. The van der Waals surface area contributed by atoms with Gasteiger partial charge in [-0.3, -0.25) is 10.1 Å². The van der Waals surface area contributed by atoms with Crippen molar-refractivity contribution in [1.29, 1.82) is 0 Å². The van der Waals surface area contributed by atoms with Crippen LogP contribution in [-0.2, 0) is 9.53 Å². The summed E-state index contributed by atoms with van der Waals surface area (Å²) in [5.41, 5.74) is -1.77. The van der Waals surface area contributed by atoms with Gasteiger partial charge in [0, 0.05) is 4.92 Å². The minimum absolute atomic E-state index is 0.857. The van der Waals surface area contributed by atoms with Gasteiger partial charge in [0.15, 0.2) is 5.60 Å². The average Bonchev–Trinajstić information content (AvgIpc) is 1.79. The molecule has 0 rings (SSSR count). The van der Waals surface area contributed by atoms with E-state index in [0.717, 1.165) is 13.8 Å². The third kappa shape index (κ3) is 4.63. The van der Waals surface area contributed by atoms with E-state index in [-0.39, 0.29) is 0 Å². The van der Waals surface area contributed by atoms with Gasteiger partial charge in [0.1, 0.15) is 0 Å². The van der Waals surface area contributed by atoms with Gasteiger partial charge in [-0.25, -0.2) is 4.79 Å². The van der Waals surface area contributed by atoms with Gasteiger partial charge in [-0.2, -0.15) is 13.2 Å². The first-order valence-electron chi connectivity index (χ1n) is 3.46. The number of nitrogens with zero attached hydrogens (tertiary/aromatic N) is 1. The van der Waals surface area contributed by atoms with Crippen molar-refractivity contribution in [3.63, 3.8) is 0 Å². The lowest BCUT2D eigenvalue weighted by Gasteiger charge is -2.21. The van der Waals surface area contributed by atoms with E-state index in [1.807, 2.05) is 0 Å². The first-order chi connectivity index (χ1) is 6.04. The minimum Gasteiger partial charge on any atom is -0.446 e. The molecular formula is C6H8F3NO4. The molecule has 0 aliphatic carbocycles. The Hall–Kier alpha value is -1.34. The number of alkyl halides is 3. The molecule has 0 N–H and O–H groups in total. The van der Waals surface area contributed by atoms with Crippen LogP contribution in [-0.4, -0.2) is 29.2 Å². The lowest BCUT2D eigenvalue weighted by atomic mass is 10.1. The molecule has 0 atom stereocenters. The number of ether oxygens (including phenoxy) is 1. The Labute approximate surface area is 77.0 Å². The van der Waals surface area contributed by atoms with Crippen molar-refractivity contribution in [2.45, 2.75) is 25.6 Å². The average molecular weight is 215 g/mol. The van der Waals surface area contributed by atoms with E-state index in [1.165, 1.54) is 0 Å². The van der Waals surface area contributed by atoms with Gasteiger partial charge >= 0.3 is 12.1 Å². The summed E-state index contributed by atoms with van der Waals surface area (Å²) < 4.78 is 38.9. The Morgan fingerprint density at radius 1 is 1.43 bits per heavy atom. The second-order valence-corrected chi connectivity index (χ2v) is 3.14. The predicted molar refractivity (Wildman–Crippen MR) is 38.1 cm³/mol. The third-order valence-electron chi connectivity index (χ3n) is 1.11. The maximum Gasteiger partial charge on any atom is 0.490 e. The van der Waals surface area contributed by atoms with Crippen LogP contribution < -0.4 is 0 Å². The molecule has 0 aromatic heterocycles. The third-order valence-corrected chi connectivity index (χ3v) is 1.11. The fraction of sp³-hybridized carbons (Fsp3) is 0.833. The molecule has 0 unspecified atom stereocenters. The molecular weight excluding hydrogens is 207 g/mol. The quantitative estimate of drug-likeness (QED) is 0.402. The standard InChI is InChI=1S/C6H8F3NO4/c1-5(2,3-10(12)13)14-4(11)6(7,8)9/h3H2,1-2H3. The molecule has 0 aromatic rings. The first-order valence-corrected chi connectivity index (χ1v) is 3.46. The molecule has 0 aliphatic heterocycles. The molecule has 0 bridgehead atoms. The highest BCUT2D eigenvalue weighted by atomic mass is 19.4. The fourth-order valence-corrected chi connectivity index (χ4v) is 0.652. The number of halogens is 3. The summed E-state index contributed by atoms with van der Waals surface area (Å²) in [7, 11) is 0. The molecule has 0 fully saturated rings. The Bertz CT molecular complexity index is 248. The topological polar surface area (TPSA) is 69.4 Å². The van der Waals surface area contributed by atoms with Gasteiger partial charge < -0.3 is 4.74 Å². The zero-order chi connectivity index (χ0) is 11.6. The SMILES string of the molecule is CC(C)(C[N+](=O)[O-])OC(=O)C(F)(F)F. The van der Waals surface area contributed by atoms with Gasteiger partial charge in [-0.15, -0.1) is 0 Å². The number of hydrogen-bond acceptors (Lipinski definition) is 4. The predicted octanol–water partition coefficient (Wildman–Crippen LogP) is 1.15. The van der Waals surface area contributed by atoms with Crippen LogP contribution in [0.2, 0.25) is 0 Å². The van der Waals surface area contributed by atoms with Crippen LogP contribution in [0.15, 0.2) is 0 Å². The number of nitro groups is 1. The number of carbonyl (C=O) groups is 1. The maximum atomic E-state index is 11.7. The smallest absolute Gasteiger partial charge is 0.446 e. The number of hydrogen-bond donors (Lipinski definition) is 0. The zero-order valence-corrected chi connectivity index (χ0v) is 7.42. The highest BCUT2D eigenvalue weighted by Gasteiger charge is 2.45. The van der Waals surface area contributed by atoms with Crippen LogP contribution in [0, 0.1) is 10.1 Å². The first kappa shape index (κ1) is 12.7. The van der Waals surface area contributed by atoms with Crippen molar-refractivity contribution in [3.8, 4) is 0 Å². The van der Waals surface area contributed by atoms with Gasteiger partial charge in [0.2, 0.25) is 6.54 Å². The molecule has 0 saturated heterocycles. The summed E-state index contributed by atoms with van der Waals surface area (Å²) in [5, 5.41) is 9.98. The Balaban J connectivity index is 4.37. The molecule has 0 saturated carbocycles. The van der Waals surface area contributed by atoms with Crippen molar-refractivity contribution >= 4 is 5.97 Å². The van der Waals surface area contributed by atoms with Crippen molar-refractivity contribution in [2.75, 3.05) is 6.54 Å². The Morgan fingerprint density at radius 3 is 2.14 bits per heavy atom. The van der Waals surface area contributed by atoms with Crippen molar-refractivity contribution in [3.05, 3.63) is 10.1 Å². The van der Waals surface area contributed by atoms with Crippen LogP contribution in [0.3, 0.4) is 0 Å². The highest BCUT2D eigenvalue weighted by molar-refractivity contribution is 5.76. The largest absolute Gasteiger partial charge is 0.490 e. The minimum atomic E-state index is -5.13. The Kier molecular flexibility index (Phi) is 3.44. The molecule has 82 valence electrons. The van der Waals surface area contributed by atoms with E-state index in [9.17, 15) is 28.1 Å². The second-order valence-electron chi connectivity index (χ2n) is 3.14. The molecule has 0 aliphatic rings. The van der Waals surface area contributed by atoms with E-state index in [1.54, 1.807) is 0 Å². The molecule has 0 heterocycles. The summed E-state index contributed by atoms with van der Waals surface area (Å²) in [5.74, 6) is -2.43. The van der Waals surface area contributed by atoms with Crippen molar-refractivity contribution < 1.29 is 27.6 Å². The van der Waals surface area contributed by atoms with Gasteiger partial charge in [-0.1, -0.05) is 0 Å². The van der Waals surface area contributed by atoms with Crippen molar-refractivity contribution in [1.82, 2.24) is 0 Å². The van der Waals surface area contributed by atoms with Crippen molar-refractivity contribution in [2.24, 2.45) is 0 Å². The summed E-state index contributed by atoms with van der Waals surface area (Å²) >= 11 is 0. The molecule has 0 spiro atoms. The Morgan fingerprint density at radius 2 is 1.86 bits per heavy atom. The highest BCUT2D eigenvalue weighted by Crippen LogP contribution is 2.21. The van der Waals surface area contributed by atoms with E-state index < -0.39 is 29.2 Å². The van der Waals surface area contributed by atoms with Crippen LogP contribution in [0.1, 0.15) is 13.8 Å². The van der Waals surface area contributed by atoms with Gasteiger partial charge in [0.25, 0.3) is 0 Å². The number of rotatable bonds is 3. The fourth-order valence-electron chi connectivity index (χ4n) is 0.652. The normalized spacial score (nSPS) is 12.4. The van der Waals surface area contributed by atoms with E-state index in [0.29, 0.717) is 0 Å². The summed E-state index contributed by atoms with van der Waals surface area (Å²) in [6.07, 6.45) is -5.13. The molecule has 8 heteroatoms. The second kappa shape index (κ2) is 3.81. The molecule has 0 amide bonds. The molecule has 0 aromatic carbocycles. The van der Waals surface area contributed by atoms with Crippen LogP contribution >= 0.6 is 0 Å². The maximum absolute atomic E-state index is 11.7. The van der Waals surface area contributed by atoms with Crippen LogP contribution in [0.25, 0.3) is 0 Å². The monoisotopic (exact) mass is 215 g/mol. The molecule has 14 heavy (non-hydrogen) atoms. The van der Waals surface area contributed by atoms with Crippen LogP contribution in [0.4, 0.5) is 13.2 Å². The van der Waals surface area contributed by atoms with Crippen LogP contribution in [0.5, 0.6) is 0 Å². The zero-order valence-electron chi connectivity index (χ0n) is 7.42. The van der Waals surface area contributed by atoms with Gasteiger partial charge in [-0.05, 0) is 13.8 Å². The lowest BCUT2D eigenvalue weighted by Crippen LogP contribution is -2.40. The molecule has 5 nitrogen and oxygen atoms in total. The summed E-state index contributed by atoms with van der Waals surface area (Å²) in [6, 6.07) is 0.